The lowest BCUT2D eigenvalue weighted by Gasteiger charge is -2.50. The maximum atomic E-state index is 2.56. The Kier molecular flexibility index (Phi) is 8.61. The van der Waals surface area contributed by atoms with Gasteiger partial charge in [0.2, 0.25) is 0 Å². The van der Waals surface area contributed by atoms with Crippen molar-refractivity contribution in [3.05, 3.63) is 70.8 Å². The molecule has 1 aliphatic carbocycles. The van der Waals surface area contributed by atoms with Crippen LogP contribution in [0.25, 0.3) is 0 Å². The number of hydrogen-bond donors (Lipinski definition) is 0. The van der Waals surface area contributed by atoms with Crippen molar-refractivity contribution in [3.8, 4) is 0 Å². The largest absolute Gasteiger partial charge is 0.0654 e. The zero-order valence-electron chi connectivity index (χ0n) is 20.1. The van der Waals surface area contributed by atoms with Crippen LogP contribution in [0, 0.1) is 11.8 Å². The molecule has 0 fully saturated rings. The molecule has 2 unspecified atom stereocenters. The van der Waals surface area contributed by atoms with Gasteiger partial charge in [0.05, 0.1) is 0 Å². The van der Waals surface area contributed by atoms with Crippen LogP contribution in [0.2, 0.25) is 0 Å². The molecule has 30 heavy (non-hydrogen) atoms. The summed E-state index contributed by atoms with van der Waals surface area (Å²) in [7, 11) is 0. The summed E-state index contributed by atoms with van der Waals surface area (Å²) in [5.74, 6) is 1.33. The molecule has 0 N–H and O–H groups in total. The number of fused-ring (bicyclic) bond motifs is 2. The average Bonchev–Trinajstić information content (AvgIpc) is 2.77. The molecule has 2 atom stereocenters. The summed E-state index contributed by atoms with van der Waals surface area (Å²) in [6.45, 7) is 9.76. The highest BCUT2D eigenvalue weighted by Crippen LogP contribution is 2.53. The van der Waals surface area contributed by atoms with Crippen molar-refractivity contribution in [2.45, 2.75) is 104 Å². The predicted octanol–water partition coefficient (Wildman–Crippen LogP) is 9.09. The first-order valence-electron chi connectivity index (χ1n) is 12.8. The van der Waals surface area contributed by atoms with Crippen LogP contribution in [0.5, 0.6) is 0 Å². The highest BCUT2D eigenvalue weighted by Gasteiger charge is 2.47. The topological polar surface area (TPSA) is 0 Å². The fourth-order valence-electron chi connectivity index (χ4n) is 6.26. The van der Waals surface area contributed by atoms with Gasteiger partial charge in [-0.25, -0.2) is 0 Å². The Morgan fingerprint density at radius 3 is 1.50 bits per heavy atom. The molecule has 0 aromatic heterocycles. The summed E-state index contributed by atoms with van der Waals surface area (Å²) in [5.41, 5.74) is 6.56. The predicted molar refractivity (Wildman–Crippen MR) is 132 cm³/mol. The fourth-order valence-corrected chi connectivity index (χ4v) is 6.26. The van der Waals surface area contributed by atoms with Crippen LogP contribution in [-0.2, 0) is 11.8 Å². The lowest BCUT2D eigenvalue weighted by molar-refractivity contribution is 0.205. The summed E-state index contributed by atoms with van der Waals surface area (Å²) in [6.07, 6.45) is 14.6. The van der Waals surface area contributed by atoms with Gasteiger partial charge in [0.25, 0.3) is 0 Å². The first kappa shape index (κ1) is 23.1. The summed E-state index contributed by atoms with van der Waals surface area (Å²) in [5, 5.41) is 0. The molecule has 0 heteroatoms. The third kappa shape index (κ3) is 4.68. The van der Waals surface area contributed by atoms with Crippen molar-refractivity contribution in [1.82, 2.24) is 0 Å². The molecule has 1 aliphatic rings. The highest BCUT2D eigenvalue weighted by molar-refractivity contribution is 5.54. The maximum Gasteiger partial charge on any atom is 0.0259 e. The van der Waals surface area contributed by atoms with Gasteiger partial charge in [0, 0.05) is 5.41 Å². The van der Waals surface area contributed by atoms with Crippen molar-refractivity contribution in [2.24, 2.45) is 11.8 Å². The van der Waals surface area contributed by atoms with Gasteiger partial charge in [-0.15, -0.1) is 0 Å². The van der Waals surface area contributed by atoms with Crippen molar-refractivity contribution in [3.63, 3.8) is 0 Å². The Labute approximate surface area is 186 Å². The third-order valence-corrected chi connectivity index (χ3v) is 7.84. The van der Waals surface area contributed by atoms with Crippen LogP contribution in [-0.4, -0.2) is 0 Å². The Morgan fingerprint density at radius 1 is 0.633 bits per heavy atom. The van der Waals surface area contributed by atoms with Gasteiger partial charge in [-0.2, -0.15) is 0 Å². The van der Waals surface area contributed by atoms with E-state index in [0.29, 0.717) is 11.8 Å². The van der Waals surface area contributed by atoms with E-state index < -0.39 is 0 Å². The summed E-state index contributed by atoms with van der Waals surface area (Å²) in [6, 6.07) is 18.8. The van der Waals surface area contributed by atoms with Crippen LogP contribution >= 0.6 is 0 Å². The van der Waals surface area contributed by atoms with E-state index >= 15 is 0 Å². The van der Waals surface area contributed by atoms with Gasteiger partial charge < -0.3 is 0 Å². The Bertz CT molecular complexity index is 706. The van der Waals surface area contributed by atoms with Crippen LogP contribution in [0.3, 0.4) is 0 Å². The highest BCUT2D eigenvalue weighted by atomic mass is 14.5. The molecule has 0 aliphatic heterocycles. The molecule has 0 spiro atoms. The second kappa shape index (κ2) is 11.2. The second-order valence-electron chi connectivity index (χ2n) is 9.86. The van der Waals surface area contributed by atoms with E-state index in [-0.39, 0.29) is 5.41 Å². The standard InChI is InChI=1S/C30H44/c1-5-7-9-11-17-24(3)30(25(4)18-12-10-8-6-2)28-21-15-13-19-26(28)23-27-20-14-16-22-29(27)30/h13-16,19-22,24-25H,5-12,17-18,23H2,1-4H3. The summed E-state index contributed by atoms with van der Waals surface area (Å²) < 4.78 is 0. The maximum absolute atomic E-state index is 2.56. The van der Waals surface area contributed by atoms with E-state index in [0.717, 1.165) is 6.42 Å². The lowest BCUT2D eigenvalue weighted by atomic mass is 9.53. The molecular formula is C30H44. The van der Waals surface area contributed by atoms with E-state index in [9.17, 15) is 0 Å². The van der Waals surface area contributed by atoms with Gasteiger partial charge in [0.15, 0.2) is 0 Å². The average molecular weight is 405 g/mol. The smallest absolute Gasteiger partial charge is 0.0259 e. The Balaban J connectivity index is 2.02. The first-order valence-corrected chi connectivity index (χ1v) is 12.8. The van der Waals surface area contributed by atoms with Crippen LogP contribution in [0.4, 0.5) is 0 Å². The number of benzene rings is 2. The normalized spacial score (nSPS) is 16.5. The van der Waals surface area contributed by atoms with E-state index in [2.05, 4.69) is 76.2 Å². The minimum absolute atomic E-state index is 0.157. The molecular weight excluding hydrogens is 360 g/mol. The zero-order valence-corrected chi connectivity index (χ0v) is 20.1. The quantitative estimate of drug-likeness (QED) is 0.309. The van der Waals surface area contributed by atoms with Gasteiger partial charge in [-0.1, -0.05) is 128 Å². The summed E-state index contributed by atoms with van der Waals surface area (Å²) >= 11 is 0. The van der Waals surface area contributed by atoms with Gasteiger partial charge in [-0.05, 0) is 53.4 Å². The van der Waals surface area contributed by atoms with E-state index in [1.165, 1.54) is 64.2 Å². The van der Waals surface area contributed by atoms with Gasteiger partial charge >= 0.3 is 0 Å². The number of rotatable bonds is 12. The lowest BCUT2D eigenvalue weighted by Crippen LogP contribution is -2.45. The third-order valence-electron chi connectivity index (χ3n) is 7.84. The Morgan fingerprint density at radius 2 is 1.07 bits per heavy atom. The van der Waals surface area contributed by atoms with Crippen LogP contribution in [0.1, 0.15) is 114 Å². The summed E-state index contributed by atoms with van der Waals surface area (Å²) in [4.78, 5) is 0. The fraction of sp³-hybridized carbons (Fsp3) is 0.600. The molecule has 0 amide bonds. The van der Waals surface area contributed by atoms with E-state index in [1.807, 2.05) is 0 Å². The molecule has 0 nitrogen and oxygen atoms in total. The van der Waals surface area contributed by atoms with Crippen molar-refractivity contribution in [2.75, 3.05) is 0 Å². The van der Waals surface area contributed by atoms with Crippen molar-refractivity contribution >= 4 is 0 Å². The molecule has 0 radical (unpaired) electrons. The van der Waals surface area contributed by atoms with Crippen LogP contribution < -0.4 is 0 Å². The number of hydrogen-bond acceptors (Lipinski definition) is 0. The molecule has 2 aromatic rings. The molecule has 164 valence electrons. The monoisotopic (exact) mass is 404 g/mol. The van der Waals surface area contributed by atoms with Gasteiger partial charge in [0.1, 0.15) is 0 Å². The van der Waals surface area contributed by atoms with Crippen molar-refractivity contribution in [1.29, 1.82) is 0 Å². The van der Waals surface area contributed by atoms with Crippen LogP contribution in [0.15, 0.2) is 48.5 Å². The number of unbranched alkanes of at least 4 members (excludes halogenated alkanes) is 6. The minimum Gasteiger partial charge on any atom is -0.0654 e. The SMILES string of the molecule is CCCCCCC(C)C1(C(C)CCCCCC)c2ccccc2Cc2ccccc21. The molecule has 0 heterocycles. The molecule has 3 rings (SSSR count). The second-order valence-corrected chi connectivity index (χ2v) is 9.86. The first-order chi connectivity index (χ1) is 14.7. The van der Waals surface area contributed by atoms with E-state index in [1.54, 1.807) is 22.3 Å². The molecule has 2 aromatic carbocycles. The molecule has 0 saturated heterocycles. The van der Waals surface area contributed by atoms with Gasteiger partial charge in [-0.3, -0.25) is 0 Å². The van der Waals surface area contributed by atoms with Crippen molar-refractivity contribution < 1.29 is 0 Å². The molecule has 0 bridgehead atoms. The Hall–Kier alpha value is -1.56. The van der Waals surface area contributed by atoms with E-state index in [4.69, 9.17) is 0 Å². The molecule has 0 saturated carbocycles. The zero-order chi connectivity index (χ0) is 21.4. The minimum atomic E-state index is 0.157.